The SMILES string of the molecule is CCNC(=NCc1ccc(OC)c(OC)c1)NCC(C)(C)C(=O)NC.I. The number of halogens is 1. The van der Waals surface area contributed by atoms with Crippen molar-refractivity contribution in [3.63, 3.8) is 0 Å². The van der Waals surface area contributed by atoms with Gasteiger partial charge in [0.25, 0.3) is 0 Å². The van der Waals surface area contributed by atoms with E-state index in [-0.39, 0.29) is 29.9 Å². The van der Waals surface area contributed by atoms with Crippen LogP contribution < -0.4 is 25.4 Å². The van der Waals surface area contributed by atoms with Gasteiger partial charge in [-0.1, -0.05) is 6.07 Å². The number of methoxy groups -OCH3 is 2. The molecule has 1 rings (SSSR count). The van der Waals surface area contributed by atoms with Crippen LogP contribution in [-0.4, -0.2) is 46.2 Å². The number of carbonyl (C=O) groups excluding carboxylic acids is 1. The molecular formula is C18H31IN4O3. The van der Waals surface area contributed by atoms with Crippen LogP contribution in [0.3, 0.4) is 0 Å². The van der Waals surface area contributed by atoms with Crippen LogP contribution in [-0.2, 0) is 11.3 Å². The van der Waals surface area contributed by atoms with Crippen LogP contribution in [0.4, 0.5) is 0 Å². The predicted octanol–water partition coefficient (Wildman–Crippen LogP) is 2.15. The third-order valence-electron chi connectivity index (χ3n) is 3.75. The lowest BCUT2D eigenvalue weighted by molar-refractivity contribution is -0.128. The first kappa shape index (κ1) is 24.3. The molecule has 0 spiro atoms. The lowest BCUT2D eigenvalue weighted by atomic mass is 9.92. The molecule has 0 aliphatic heterocycles. The molecule has 8 heteroatoms. The van der Waals surface area contributed by atoms with E-state index in [0.29, 0.717) is 30.5 Å². The van der Waals surface area contributed by atoms with E-state index in [0.717, 1.165) is 12.1 Å². The minimum absolute atomic E-state index is 0. The van der Waals surface area contributed by atoms with Crippen molar-refractivity contribution in [2.24, 2.45) is 10.4 Å². The molecule has 0 saturated heterocycles. The number of nitrogens with one attached hydrogen (secondary N) is 3. The molecule has 0 aliphatic rings. The smallest absolute Gasteiger partial charge is 0.227 e. The number of hydrogen-bond acceptors (Lipinski definition) is 4. The molecule has 1 amide bonds. The Morgan fingerprint density at radius 2 is 1.81 bits per heavy atom. The molecule has 0 saturated carbocycles. The van der Waals surface area contributed by atoms with Gasteiger partial charge in [0.1, 0.15) is 0 Å². The van der Waals surface area contributed by atoms with Gasteiger partial charge < -0.3 is 25.4 Å². The Kier molecular flexibility index (Phi) is 11.0. The van der Waals surface area contributed by atoms with Gasteiger partial charge in [0.05, 0.1) is 26.2 Å². The van der Waals surface area contributed by atoms with E-state index in [1.807, 2.05) is 39.0 Å². The highest BCUT2D eigenvalue weighted by molar-refractivity contribution is 14.0. The fourth-order valence-corrected chi connectivity index (χ4v) is 2.21. The Morgan fingerprint density at radius 1 is 1.15 bits per heavy atom. The minimum Gasteiger partial charge on any atom is -0.493 e. The lowest BCUT2D eigenvalue weighted by Gasteiger charge is -2.24. The topological polar surface area (TPSA) is 84.0 Å². The van der Waals surface area contributed by atoms with Crippen molar-refractivity contribution in [2.75, 3.05) is 34.4 Å². The monoisotopic (exact) mass is 478 g/mol. The van der Waals surface area contributed by atoms with Crippen LogP contribution in [0, 0.1) is 5.41 Å². The maximum absolute atomic E-state index is 11.9. The Hall–Kier alpha value is -1.71. The number of rotatable bonds is 8. The highest BCUT2D eigenvalue weighted by Gasteiger charge is 2.26. The predicted molar refractivity (Wildman–Crippen MR) is 116 cm³/mol. The summed E-state index contributed by atoms with van der Waals surface area (Å²) in [6.45, 7) is 7.46. The lowest BCUT2D eigenvalue weighted by Crippen LogP contribution is -2.47. The van der Waals surface area contributed by atoms with Gasteiger partial charge in [0, 0.05) is 20.1 Å². The number of carbonyl (C=O) groups is 1. The summed E-state index contributed by atoms with van der Waals surface area (Å²) in [6, 6.07) is 5.71. The van der Waals surface area contributed by atoms with E-state index in [9.17, 15) is 4.79 Å². The summed E-state index contributed by atoms with van der Waals surface area (Å²) in [7, 11) is 4.86. The van der Waals surface area contributed by atoms with Crippen LogP contribution in [0.1, 0.15) is 26.3 Å². The Balaban J connectivity index is 0.00000625. The van der Waals surface area contributed by atoms with Crippen molar-refractivity contribution in [3.05, 3.63) is 23.8 Å². The first-order chi connectivity index (χ1) is 11.9. The Labute approximate surface area is 173 Å². The van der Waals surface area contributed by atoms with Gasteiger partial charge in [-0.25, -0.2) is 4.99 Å². The second kappa shape index (κ2) is 11.8. The van der Waals surface area contributed by atoms with E-state index in [4.69, 9.17) is 9.47 Å². The van der Waals surface area contributed by atoms with E-state index in [2.05, 4.69) is 20.9 Å². The average Bonchev–Trinajstić information content (AvgIpc) is 2.62. The molecule has 0 bridgehead atoms. The second-order valence-electron chi connectivity index (χ2n) is 6.20. The summed E-state index contributed by atoms with van der Waals surface area (Å²) < 4.78 is 10.6. The van der Waals surface area contributed by atoms with Gasteiger partial charge in [-0.05, 0) is 38.5 Å². The van der Waals surface area contributed by atoms with Crippen LogP contribution in [0.2, 0.25) is 0 Å². The summed E-state index contributed by atoms with van der Waals surface area (Å²) in [6.07, 6.45) is 0. The van der Waals surface area contributed by atoms with Crippen molar-refractivity contribution >= 4 is 35.8 Å². The molecule has 0 heterocycles. The summed E-state index contributed by atoms with van der Waals surface area (Å²) >= 11 is 0. The van der Waals surface area contributed by atoms with Crippen molar-refractivity contribution < 1.29 is 14.3 Å². The number of ether oxygens (including phenoxy) is 2. The average molecular weight is 478 g/mol. The van der Waals surface area contributed by atoms with Gasteiger partial charge in [-0.2, -0.15) is 0 Å². The van der Waals surface area contributed by atoms with Crippen LogP contribution in [0.25, 0.3) is 0 Å². The van der Waals surface area contributed by atoms with Gasteiger partial charge in [-0.3, -0.25) is 4.79 Å². The molecule has 0 radical (unpaired) electrons. The van der Waals surface area contributed by atoms with Gasteiger partial charge in [-0.15, -0.1) is 24.0 Å². The van der Waals surface area contributed by atoms with E-state index >= 15 is 0 Å². The maximum atomic E-state index is 11.9. The van der Waals surface area contributed by atoms with Crippen LogP contribution in [0.15, 0.2) is 23.2 Å². The minimum atomic E-state index is -0.533. The summed E-state index contributed by atoms with van der Waals surface area (Å²) in [5.41, 5.74) is 0.467. The highest BCUT2D eigenvalue weighted by atomic mass is 127. The molecule has 0 atom stereocenters. The number of amides is 1. The van der Waals surface area contributed by atoms with Gasteiger partial charge in [0.2, 0.25) is 5.91 Å². The number of benzene rings is 1. The molecule has 7 nitrogen and oxygen atoms in total. The molecule has 3 N–H and O–H groups in total. The molecule has 0 aliphatic carbocycles. The molecule has 0 aromatic heterocycles. The van der Waals surface area contributed by atoms with E-state index in [1.54, 1.807) is 21.3 Å². The molecule has 148 valence electrons. The van der Waals surface area contributed by atoms with Gasteiger partial charge in [0.15, 0.2) is 17.5 Å². The zero-order valence-corrected chi connectivity index (χ0v) is 18.8. The van der Waals surface area contributed by atoms with Crippen molar-refractivity contribution in [1.82, 2.24) is 16.0 Å². The second-order valence-corrected chi connectivity index (χ2v) is 6.20. The summed E-state index contributed by atoms with van der Waals surface area (Å²) in [4.78, 5) is 16.4. The summed E-state index contributed by atoms with van der Waals surface area (Å²) in [5.74, 6) is 2.01. The molecule has 0 fully saturated rings. The van der Waals surface area contributed by atoms with Crippen molar-refractivity contribution in [1.29, 1.82) is 0 Å². The van der Waals surface area contributed by atoms with E-state index < -0.39 is 5.41 Å². The third-order valence-corrected chi connectivity index (χ3v) is 3.75. The quantitative estimate of drug-likeness (QED) is 0.303. The zero-order chi connectivity index (χ0) is 18.9. The molecule has 26 heavy (non-hydrogen) atoms. The third kappa shape index (κ3) is 7.27. The van der Waals surface area contributed by atoms with Crippen molar-refractivity contribution in [3.8, 4) is 11.5 Å². The maximum Gasteiger partial charge on any atom is 0.227 e. The number of hydrogen-bond donors (Lipinski definition) is 3. The first-order valence-electron chi connectivity index (χ1n) is 8.33. The standard InChI is InChI=1S/C18H30N4O3.HI/c1-7-20-17(22-12-18(2,3)16(23)19-4)21-11-13-8-9-14(24-5)15(10-13)25-6;/h8-10H,7,11-12H2,1-6H3,(H,19,23)(H2,20,21,22);1H. The normalized spacial score (nSPS) is 11.2. The molecular weight excluding hydrogens is 447 g/mol. The Bertz CT molecular complexity index is 606. The largest absolute Gasteiger partial charge is 0.493 e. The highest BCUT2D eigenvalue weighted by Crippen LogP contribution is 2.27. The van der Waals surface area contributed by atoms with Crippen molar-refractivity contribution in [2.45, 2.75) is 27.3 Å². The number of nitrogens with zero attached hydrogens (tertiary/aromatic N) is 1. The Morgan fingerprint density at radius 3 is 2.35 bits per heavy atom. The number of guanidine groups is 1. The molecule has 1 aromatic rings. The zero-order valence-electron chi connectivity index (χ0n) is 16.4. The number of aliphatic imine (C=N–C) groups is 1. The molecule has 1 aromatic carbocycles. The summed E-state index contributed by atoms with van der Waals surface area (Å²) in [5, 5.41) is 9.08. The first-order valence-corrected chi connectivity index (χ1v) is 8.33. The van der Waals surface area contributed by atoms with Crippen LogP contribution >= 0.6 is 24.0 Å². The van der Waals surface area contributed by atoms with E-state index in [1.165, 1.54) is 0 Å². The fourth-order valence-electron chi connectivity index (χ4n) is 2.21. The van der Waals surface area contributed by atoms with Crippen LogP contribution in [0.5, 0.6) is 11.5 Å². The fraction of sp³-hybridized carbons (Fsp3) is 0.556. The van der Waals surface area contributed by atoms with Gasteiger partial charge >= 0.3 is 0 Å². The molecule has 0 unspecified atom stereocenters.